The molecule has 7 nitrogen and oxygen atoms in total. The molecule has 1 unspecified atom stereocenters. The Kier molecular flexibility index (Phi) is 21.8. The molecule has 0 saturated heterocycles. The molecule has 0 aromatic heterocycles. The van der Waals surface area contributed by atoms with Gasteiger partial charge in [0.15, 0.2) is 6.61 Å². The van der Waals surface area contributed by atoms with E-state index < -0.39 is 43.3 Å². The van der Waals surface area contributed by atoms with Crippen LogP contribution < -0.4 is 0 Å². The second-order valence-electron chi connectivity index (χ2n) is 9.70. The van der Waals surface area contributed by atoms with Gasteiger partial charge in [-0.1, -0.05) is 104 Å². The summed E-state index contributed by atoms with van der Waals surface area (Å²) in [6, 6.07) is 0. The van der Waals surface area contributed by atoms with Gasteiger partial charge in [-0.2, -0.15) is 0 Å². The summed E-state index contributed by atoms with van der Waals surface area (Å²) in [6.45, 7) is 2.98. The Morgan fingerprint density at radius 3 is 1.59 bits per heavy atom. The topological polar surface area (TPSA) is 124 Å². The van der Waals surface area contributed by atoms with Crippen molar-refractivity contribution < 1.29 is 34.8 Å². The molecule has 0 amide bonds. The maximum atomic E-state index is 12.3. The number of esters is 1. The van der Waals surface area contributed by atoms with E-state index in [4.69, 9.17) is 9.84 Å². The lowest BCUT2D eigenvalue weighted by atomic mass is 9.91. The van der Waals surface area contributed by atoms with Crippen molar-refractivity contribution in [2.75, 3.05) is 13.2 Å². The zero-order valence-corrected chi connectivity index (χ0v) is 21.8. The van der Waals surface area contributed by atoms with E-state index in [9.17, 15) is 24.9 Å². The minimum absolute atomic E-state index is 0.223. The number of hydrogen-bond donors (Lipinski definition) is 4. The minimum Gasteiger partial charge on any atom is -0.458 e. The molecule has 0 rings (SSSR count). The zero-order chi connectivity index (χ0) is 25.6. The van der Waals surface area contributed by atoms with Gasteiger partial charge in [-0.25, -0.2) is 0 Å². The van der Waals surface area contributed by atoms with Gasteiger partial charge >= 0.3 is 5.97 Å². The van der Waals surface area contributed by atoms with Crippen LogP contribution in [0.15, 0.2) is 0 Å². The van der Waals surface area contributed by atoms with Crippen LogP contribution in [0.25, 0.3) is 0 Å². The number of Topliss-reactive ketones (excluding diaryl/α,β-unsaturated/α-hetero) is 1. The highest BCUT2D eigenvalue weighted by Crippen LogP contribution is 2.23. The van der Waals surface area contributed by atoms with Crippen molar-refractivity contribution in [1.82, 2.24) is 0 Å². The molecule has 0 aromatic carbocycles. The summed E-state index contributed by atoms with van der Waals surface area (Å²) in [5.74, 6) is -1.15. The Hall–Kier alpha value is -1.02. The number of aliphatic hydroxyl groups excluding tert-OH is 4. The Labute approximate surface area is 207 Å². The van der Waals surface area contributed by atoms with Gasteiger partial charge < -0.3 is 25.2 Å². The fraction of sp³-hybridized carbons (Fsp3) is 0.926. The van der Waals surface area contributed by atoms with Crippen molar-refractivity contribution in [3.8, 4) is 0 Å². The van der Waals surface area contributed by atoms with E-state index in [0.717, 1.165) is 25.7 Å². The molecular weight excluding hydrogens is 436 g/mol. The van der Waals surface area contributed by atoms with Crippen molar-refractivity contribution in [3.63, 3.8) is 0 Å². The molecule has 0 fully saturated rings. The van der Waals surface area contributed by atoms with Gasteiger partial charge in [0.2, 0.25) is 5.78 Å². The monoisotopic (exact) mass is 488 g/mol. The lowest BCUT2D eigenvalue weighted by Gasteiger charge is -2.20. The van der Waals surface area contributed by atoms with Crippen LogP contribution in [-0.4, -0.2) is 63.7 Å². The van der Waals surface area contributed by atoms with Crippen LogP contribution in [0, 0.1) is 5.92 Å². The van der Waals surface area contributed by atoms with Gasteiger partial charge in [0.1, 0.15) is 18.3 Å². The van der Waals surface area contributed by atoms with E-state index in [1.165, 1.54) is 77.0 Å². The number of hydrogen-bond acceptors (Lipinski definition) is 7. The summed E-state index contributed by atoms with van der Waals surface area (Å²) in [5, 5.41) is 37.5. The van der Waals surface area contributed by atoms with Crippen molar-refractivity contribution in [2.45, 2.75) is 141 Å². The van der Waals surface area contributed by atoms with Crippen LogP contribution >= 0.6 is 0 Å². The molecule has 0 heterocycles. The second kappa shape index (κ2) is 22.4. The Morgan fingerprint density at radius 1 is 0.706 bits per heavy atom. The Morgan fingerprint density at radius 2 is 1.15 bits per heavy atom. The minimum atomic E-state index is -1.91. The third-order valence-electron chi connectivity index (χ3n) is 6.50. The van der Waals surface area contributed by atoms with E-state index in [1.54, 1.807) is 0 Å². The first-order valence-electron chi connectivity index (χ1n) is 13.7. The molecule has 0 saturated carbocycles. The standard InChI is InChI=1S/C27H52O7/c1-3-5-7-9-11-12-14-16-18-22(17-15-13-10-8-6-4-2)19-25(31)34-21-24(30)27(33)26(32)23(29)20-28/h22-23,26-29,32-33H,3-21H2,1-2H3/t22?,23-,26-,27-/m1/s1. The molecule has 202 valence electrons. The smallest absolute Gasteiger partial charge is 0.306 e. The van der Waals surface area contributed by atoms with E-state index in [-0.39, 0.29) is 12.3 Å². The summed E-state index contributed by atoms with van der Waals surface area (Å²) in [7, 11) is 0. The SMILES string of the molecule is CCCCCCCCCCC(CCCCCCCC)CC(=O)OCC(=O)[C@@H](O)[C@H](O)[C@H](O)CO. The largest absolute Gasteiger partial charge is 0.458 e. The zero-order valence-electron chi connectivity index (χ0n) is 21.8. The first-order valence-corrected chi connectivity index (χ1v) is 13.7. The molecule has 0 aliphatic carbocycles. The van der Waals surface area contributed by atoms with Crippen LogP contribution in [0.2, 0.25) is 0 Å². The van der Waals surface area contributed by atoms with E-state index in [2.05, 4.69) is 13.8 Å². The van der Waals surface area contributed by atoms with E-state index in [1.807, 2.05) is 0 Å². The highest BCUT2D eigenvalue weighted by Gasteiger charge is 2.30. The summed E-state index contributed by atoms with van der Waals surface area (Å²) in [4.78, 5) is 24.3. The number of carbonyl (C=O) groups is 2. The molecule has 34 heavy (non-hydrogen) atoms. The maximum Gasteiger partial charge on any atom is 0.306 e. The number of rotatable bonds is 24. The predicted molar refractivity (Wildman–Crippen MR) is 134 cm³/mol. The van der Waals surface area contributed by atoms with Crippen molar-refractivity contribution >= 4 is 11.8 Å². The normalized spacial score (nSPS) is 15.0. The van der Waals surface area contributed by atoms with Crippen LogP contribution in [0.5, 0.6) is 0 Å². The average Bonchev–Trinajstić information content (AvgIpc) is 2.84. The summed E-state index contributed by atoms with van der Waals surface area (Å²) >= 11 is 0. The molecular formula is C27H52O7. The molecule has 0 bridgehead atoms. The first kappa shape index (κ1) is 33.0. The number of carbonyl (C=O) groups excluding carboxylic acids is 2. The van der Waals surface area contributed by atoms with Crippen LogP contribution in [0.3, 0.4) is 0 Å². The number of unbranched alkanes of at least 4 members (excludes halogenated alkanes) is 12. The lowest BCUT2D eigenvalue weighted by molar-refractivity contribution is -0.155. The summed E-state index contributed by atoms with van der Waals surface area (Å²) < 4.78 is 5.06. The van der Waals surface area contributed by atoms with Crippen molar-refractivity contribution in [2.24, 2.45) is 5.92 Å². The van der Waals surface area contributed by atoms with Gasteiger partial charge in [-0.05, 0) is 18.8 Å². The summed E-state index contributed by atoms with van der Waals surface area (Å²) in [5.41, 5.74) is 0. The molecule has 0 aliphatic rings. The van der Waals surface area contributed by atoms with E-state index >= 15 is 0 Å². The van der Waals surface area contributed by atoms with Gasteiger partial charge in [-0.3, -0.25) is 9.59 Å². The van der Waals surface area contributed by atoms with Gasteiger partial charge in [-0.15, -0.1) is 0 Å². The molecule has 0 aromatic rings. The van der Waals surface area contributed by atoms with Crippen molar-refractivity contribution in [1.29, 1.82) is 0 Å². The second-order valence-corrected chi connectivity index (χ2v) is 9.70. The quantitative estimate of drug-likeness (QED) is 0.117. The van der Waals surface area contributed by atoms with Crippen LogP contribution in [-0.2, 0) is 14.3 Å². The highest BCUT2D eigenvalue weighted by molar-refractivity contribution is 5.86. The predicted octanol–water partition coefficient (Wildman–Crippen LogP) is 4.46. The Bertz CT molecular complexity index is 497. The van der Waals surface area contributed by atoms with Gasteiger partial charge in [0, 0.05) is 6.42 Å². The molecule has 4 N–H and O–H groups in total. The first-order chi connectivity index (χ1) is 16.4. The Balaban J connectivity index is 4.41. The molecule has 4 atom stereocenters. The number of ether oxygens (including phenoxy) is 1. The number of aliphatic hydroxyl groups is 4. The van der Waals surface area contributed by atoms with E-state index in [0.29, 0.717) is 0 Å². The molecule has 0 spiro atoms. The third-order valence-corrected chi connectivity index (χ3v) is 6.50. The molecule has 0 aliphatic heterocycles. The van der Waals surface area contributed by atoms with Crippen LogP contribution in [0.1, 0.15) is 123 Å². The van der Waals surface area contributed by atoms with Gasteiger partial charge in [0.25, 0.3) is 0 Å². The fourth-order valence-electron chi connectivity index (χ4n) is 4.17. The van der Waals surface area contributed by atoms with Gasteiger partial charge in [0.05, 0.1) is 6.61 Å². The average molecular weight is 489 g/mol. The summed E-state index contributed by atoms with van der Waals surface area (Å²) in [6.07, 6.45) is 13.9. The maximum absolute atomic E-state index is 12.3. The third kappa shape index (κ3) is 17.4. The highest BCUT2D eigenvalue weighted by atomic mass is 16.5. The lowest BCUT2D eigenvalue weighted by Crippen LogP contribution is -2.45. The molecule has 7 heteroatoms. The fourth-order valence-corrected chi connectivity index (χ4v) is 4.17. The number of ketones is 1. The molecule has 0 radical (unpaired) electrons. The van der Waals surface area contributed by atoms with Crippen molar-refractivity contribution in [3.05, 3.63) is 0 Å². The van der Waals surface area contributed by atoms with Crippen LogP contribution in [0.4, 0.5) is 0 Å².